The topological polar surface area (TPSA) is 103 Å². The van der Waals surface area contributed by atoms with Crippen molar-refractivity contribution in [3.05, 3.63) is 53.9 Å². The minimum absolute atomic E-state index is 0.122. The molecule has 1 saturated heterocycles. The highest BCUT2D eigenvalue weighted by atomic mass is 32.2. The molecule has 0 radical (unpaired) electrons. The largest absolute Gasteiger partial charge is 0.493 e. The molecular weight excluding hydrogens is 418 g/mol. The molecule has 1 atom stereocenters. The van der Waals surface area contributed by atoms with Crippen LogP contribution in [-0.4, -0.2) is 52.3 Å². The van der Waals surface area contributed by atoms with Gasteiger partial charge in [0.05, 0.1) is 18.7 Å². The summed E-state index contributed by atoms with van der Waals surface area (Å²) in [6.45, 7) is 5.79. The monoisotopic (exact) mass is 445 g/mol. The SMILES string of the molecule is CCn1cc(S(=O)(=O)N2CCCC(c3nc(CCOc4cccc(C)c4)no3)C2)cn1. The number of ether oxygens (including phenoxy) is 1. The maximum absolute atomic E-state index is 13.0. The summed E-state index contributed by atoms with van der Waals surface area (Å²) in [5.41, 5.74) is 1.14. The van der Waals surface area contributed by atoms with E-state index in [-0.39, 0.29) is 10.8 Å². The van der Waals surface area contributed by atoms with E-state index in [1.54, 1.807) is 10.9 Å². The van der Waals surface area contributed by atoms with Crippen LogP contribution >= 0.6 is 0 Å². The second kappa shape index (κ2) is 9.19. The third-order valence-corrected chi connectivity index (χ3v) is 7.19. The summed E-state index contributed by atoms with van der Waals surface area (Å²) in [4.78, 5) is 4.71. The van der Waals surface area contributed by atoms with Crippen molar-refractivity contribution < 1.29 is 17.7 Å². The summed E-state index contributed by atoms with van der Waals surface area (Å²) in [5, 5.41) is 8.14. The molecule has 9 nitrogen and oxygen atoms in total. The first-order chi connectivity index (χ1) is 15.0. The molecule has 0 saturated carbocycles. The first-order valence-corrected chi connectivity index (χ1v) is 11.9. The van der Waals surface area contributed by atoms with E-state index >= 15 is 0 Å². The van der Waals surface area contributed by atoms with Crippen molar-refractivity contribution in [2.24, 2.45) is 0 Å². The summed E-state index contributed by atoms with van der Waals surface area (Å²) < 4.78 is 40.3. The van der Waals surface area contributed by atoms with Gasteiger partial charge < -0.3 is 9.26 Å². The van der Waals surface area contributed by atoms with E-state index in [0.29, 0.717) is 44.4 Å². The number of piperidine rings is 1. The van der Waals surface area contributed by atoms with Crippen LogP contribution in [-0.2, 0) is 23.0 Å². The van der Waals surface area contributed by atoms with Crippen molar-refractivity contribution >= 4 is 10.0 Å². The minimum Gasteiger partial charge on any atom is -0.493 e. The van der Waals surface area contributed by atoms with Gasteiger partial charge in [0, 0.05) is 32.3 Å². The number of sulfonamides is 1. The molecule has 0 bridgehead atoms. The van der Waals surface area contributed by atoms with Gasteiger partial charge >= 0.3 is 0 Å². The molecule has 0 N–H and O–H groups in total. The molecule has 1 aromatic carbocycles. The highest BCUT2D eigenvalue weighted by Gasteiger charge is 2.34. The molecule has 4 rings (SSSR count). The Morgan fingerprint density at radius 1 is 1.32 bits per heavy atom. The lowest BCUT2D eigenvalue weighted by atomic mass is 10.00. The molecule has 0 aliphatic carbocycles. The van der Waals surface area contributed by atoms with Crippen molar-refractivity contribution in [3.8, 4) is 5.75 Å². The fourth-order valence-corrected chi connectivity index (χ4v) is 5.14. The van der Waals surface area contributed by atoms with Crippen LogP contribution in [0.25, 0.3) is 0 Å². The zero-order valence-electron chi connectivity index (χ0n) is 17.8. The molecule has 2 aromatic heterocycles. The zero-order chi connectivity index (χ0) is 21.8. The van der Waals surface area contributed by atoms with Gasteiger partial charge in [0.15, 0.2) is 5.82 Å². The second-order valence-electron chi connectivity index (χ2n) is 7.70. The van der Waals surface area contributed by atoms with Crippen molar-refractivity contribution in [1.29, 1.82) is 0 Å². The van der Waals surface area contributed by atoms with Crippen LogP contribution < -0.4 is 4.74 Å². The van der Waals surface area contributed by atoms with Crippen LogP contribution in [0.4, 0.5) is 0 Å². The van der Waals surface area contributed by atoms with Gasteiger partial charge in [-0.05, 0) is 44.4 Å². The normalized spacial score (nSPS) is 17.7. The predicted molar refractivity (Wildman–Crippen MR) is 113 cm³/mol. The molecule has 1 fully saturated rings. The molecule has 166 valence electrons. The number of rotatable bonds is 8. The number of aryl methyl sites for hydroxylation is 2. The molecule has 1 unspecified atom stereocenters. The van der Waals surface area contributed by atoms with Crippen LogP contribution in [0.2, 0.25) is 0 Å². The Bertz CT molecular complexity index is 1120. The Hall–Kier alpha value is -2.72. The van der Waals surface area contributed by atoms with Crippen LogP contribution in [0.5, 0.6) is 5.75 Å². The number of hydrogen-bond donors (Lipinski definition) is 0. The van der Waals surface area contributed by atoms with Gasteiger partial charge in [-0.15, -0.1) is 0 Å². The Balaban J connectivity index is 1.37. The van der Waals surface area contributed by atoms with E-state index in [1.165, 1.54) is 10.5 Å². The Morgan fingerprint density at radius 2 is 2.19 bits per heavy atom. The van der Waals surface area contributed by atoms with Crippen LogP contribution in [0.15, 0.2) is 46.1 Å². The second-order valence-corrected chi connectivity index (χ2v) is 9.64. The van der Waals surface area contributed by atoms with E-state index < -0.39 is 10.0 Å². The van der Waals surface area contributed by atoms with Gasteiger partial charge in [0.2, 0.25) is 15.9 Å². The molecule has 3 heterocycles. The standard InChI is InChI=1S/C21H27N5O4S/c1-3-25-15-19(13-22-25)31(27,28)26-10-5-7-17(14-26)21-23-20(24-30-21)9-11-29-18-8-4-6-16(2)12-18/h4,6,8,12-13,15,17H,3,5,7,9-11,14H2,1-2H3. The van der Waals surface area contributed by atoms with E-state index in [2.05, 4.69) is 15.2 Å². The van der Waals surface area contributed by atoms with Crippen LogP contribution in [0, 0.1) is 6.92 Å². The number of aromatic nitrogens is 4. The highest BCUT2D eigenvalue weighted by Crippen LogP contribution is 2.29. The predicted octanol–water partition coefficient (Wildman–Crippen LogP) is 2.78. The van der Waals surface area contributed by atoms with Gasteiger partial charge in [-0.1, -0.05) is 17.3 Å². The molecule has 0 spiro atoms. The fraction of sp³-hybridized carbons (Fsp3) is 0.476. The Morgan fingerprint density at radius 3 is 2.97 bits per heavy atom. The zero-order valence-corrected chi connectivity index (χ0v) is 18.6. The summed E-state index contributed by atoms with van der Waals surface area (Å²) in [7, 11) is -3.59. The van der Waals surface area contributed by atoms with E-state index in [9.17, 15) is 8.42 Å². The highest BCUT2D eigenvalue weighted by molar-refractivity contribution is 7.89. The average Bonchev–Trinajstić information content (AvgIpc) is 3.44. The van der Waals surface area contributed by atoms with Gasteiger partial charge in [-0.25, -0.2) is 8.42 Å². The Labute approximate surface area is 182 Å². The summed E-state index contributed by atoms with van der Waals surface area (Å²) in [6.07, 6.45) is 5.03. The minimum atomic E-state index is -3.59. The summed E-state index contributed by atoms with van der Waals surface area (Å²) >= 11 is 0. The van der Waals surface area contributed by atoms with Crippen molar-refractivity contribution in [3.63, 3.8) is 0 Å². The fourth-order valence-electron chi connectivity index (χ4n) is 3.66. The molecule has 1 aliphatic heterocycles. The molecule has 10 heteroatoms. The van der Waals surface area contributed by atoms with Crippen molar-refractivity contribution in [2.45, 2.75) is 50.5 Å². The van der Waals surface area contributed by atoms with Crippen molar-refractivity contribution in [1.82, 2.24) is 24.2 Å². The lowest BCUT2D eigenvalue weighted by molar-refractivity contribution is 0.264. The lowest BCUT2D eigenvalue weighted by Gasteiger charge is -2.29. The first-order valence-electron chi connectivity index (χ1n) is 10.5. The third-order valence-electron chi connectivity index (χ3n) is 5.37. The van der Waals surface area contributed by atoms with E-state index in [0.717, 1.165) is 24.2 Å². The summed E-state index contributed by atoms with van der Waals surface area (Å²) in [6, 6.07) is 7.86. The number of benzene rings is 1. The number of hydrogen-bond acceptors (Lipinski definition) is 7. The summed E-state index contributed by atoms with van der Waals surface area (Å²) in [5.74, 6) is 1.73. The molecular formula is C21H27N5O4S. The van der Waals surface area contributed by atoms with Crippen molar-refractivity contribution in [2.75, 3.05) is 19.7 Å². The molecule has 1 aliphatic rings. The maximum atomic E-state index is 13.0. The first kappa shape index (κ1) is 21.5. The van der Waals surface area contributed by atoms with Gasteiger partial charge in [0.25, 0.3) is 0 Å². The molecule has 31 heavy (non-hydrogen) atoms. The quantitative estimate of drug-likeness (QED) is 0.525. The van der Waals surface area contributed by atoms with Gasteiger partial charge in [-0.2, -0.15) is 14.4 Å². The number of nitrogens with zero attached hydrogens (tertiary/aromatic N) is 5. The molecule has 0 amide bonds. The van der Waals surface area contributed by atoms with Gasteiger partial charge in [-0.3, -0.25) is 4.68 Å². The lowest BCUT2D eigenvalue weighted by Crippen LogP contribution is -2.39. The van der Waals surface area contributed by atoms with Gasteiger partial charge in [0.1, 0.15) is 10.6 Å². The molecule has 3 aromatic rings. The maximum Gasteiger partial charge on any atom is 0.246 e. The Kier molecular flexibility index (Phi) is 6.38. The average molecular weight is 446 g/mol. The van der Waals surface area contributed by atoms with Crippen LogP contribution in [0.1, 0.15) is 43.0 Å². The smallest absolute Gasteiger partial charge is 0.246 e. The van der Waals surface area contributed by atoms with E-state index in [4.69, 9.17) is 9.26 Å². The third kappa shape index (κ3) is 4.96. The van der Waals surface area contributed by atoms with Crippen LogP contribution in [0.3, 0.4) is 0 Å². The van der Waals surface area contributed by atoms with E-state index in [1.807, 2.05) is 38.1 Å².